The number of hydrogen-bond acceptors (Lipinski definition) is 6. The van der Waals surface area contributed by atoms with Gasteiger partial charge in [-0.05, 0) is 45.4 Å². The lowest BCUT2D eigenvalue weighted by molar-refractivity contribution is -0.196. The summed E-state index contributed by atoms with van der Waals surface area (Å²) in [5.74, 6) is -1.66. The highest BCUT2D eigenvalue weighted by Gasteiger charge is 2.76. The SMILES string of the molecule is CC1(C)C(=O)C[C@H]2[C@](C)(O)[C@@H]3CCC4[C@H](O)C3(C[C@@H](O)[C@@]21O)C[C@@]4(C)O. The number of ketones is 1. The molecule has 2 bridgehead atoms. The van der Waals surface area contributed by atoms with Crippen molar-refractivity contribution in [2.45, 2.75) is 88.8 Å². The van der Waals surface area contributed by atoms with Gasteiger partial charge in [0, 0.05) is 23.7 Å². The van der Waals surface area contributed by atoms with E-state index < -0.39 is 51.7 Å². The Morgan fingerprint density at radius 1 is 0.962 bits per heavy atom. The Morgan fingerprint density at radius 2 is 1.58 bits per heavy atom. The summed E-state index contributed by atoms with van der Waals surface area (Å²) < 4.78 is 0. The molecule has 4 fully saturated rings. The predicted octanol–water partition coefficient (Wildman–Crippen LogP) is 0.377. The van der Waals surface area contributed by atoms with E-state index in [0.29, 0.717) is 12.8 Å². The van der Waals surface area contributed by atoms with Crippen molar-refractivity contribution < 1.29 is 30.3 Å². The van der Waals surface area contributed by atoms with Gasteiger partial charge in [0.2, 0.25) is 0 Å². The molecule has 6 nitrogen and oxygen atoms in total. The van der Waals surface area contributed by atoms with Crippen LogP contribution in [0.1, 0.15) is 59.8 Å². The largest absolute Gasteiger partial charge is 0.392 e. The topological polar surface area (TPSA) is 118 Å². The standard InChI is InChI=1S/C20H32O6/c1-16(2)13(21)7-12-18(4,25)11-6-5-10-15(23)19(11,9-17(10,3)24)8-14(22)20(12,16)26/h10-12,14-15,22-26H,5-9H2,1-4H3/t10?,11-,12-,14+,15-,17+,18+,19?,20-/m0/s1. The Bertz CT molecular complexity index is 655. The molecule has 4 aliphatic carbocycles. The number of aliphatic hydroxyl groups is 5. The zero-order chi connectivity index (χ0) is 19.5. The molecule has 0 radical (unpaired) electrons. The van der Waals surface area contributed by atoms with Gasteiger partial charge in [-0.3, -0.25) is 4.79 Å². The summed E-state index contributed by atoms with van der Waals surface area (Å²) in [6.45, 7) is 6.62. The van der Waals surface area contributed by atoms with E-state index in [2.05, 4.69) is 0 Å². The first-order valence-electron chi connectivity index (χ1n) is 9.79. The van der Waals surface area contributed by atoms with Gasteiger partial charge in [-0.2, -0.15) is 0 Å². The third kappa shape index (κ3) is 1.83. The van der Waals surface area contributed by atoms with Crippen LogP contribution in [0, 0.1) is 28.6 Å². The Hall–Kier alpha value is -0.530. The van der Waals surface area contributed by atoms with Crippen LogP contribution in [0.4, 0.5) is 0 Å². The third-order valence-corrected chi connectivity index (χ3v) is 9.03. The average Bonchev–Trinajstić information content (AvgIpc) is 2.72. The molecular weight excluding hydrogens is 336 g/mol. The van der Waals surface area contributed by atoms with Gasteiger partial charge in [0.1, 0.15) is 11.4 Å². The van der Waals surface area contributed by atoms with Crippen molar-refractivity contribution in [1.82, 2.24) is 0 Å². The fourth-order valence-electron chi connectivity index (χ4n) is 7.60. The van der Waals surface area contributed by atoms with E-state index in [4.69, 9.17) is 0 Å². The quantitative estimate of drug-likeness (QED) is 0.422. The molecule has 0 aromatic carbocycles. The molecule has 4 saturated carbocycles. The molecule has 0 aliphatic heterocycles. The van der Waals surface area contributed by atoms with Gasteiger partial charge < -0.3 is 25.5 Å². The third-order valence-electron chi connectivity index (χ3n) is 9.03. The molecule has 4 aliphatic rings. The summed E-state index contributed by atoms with van der Waals surface area (Å²) in [5.41, 5.74) is -6.31. The zero-order valence-corrected chi connectivity index (χ0v) is 16.1. The van der Waals surface area contributed by atoms with Gasteiger partial charge in [0.25, 0.3) is 0 Å². The minimum absolute atomic E-state index is 0.00998. The van der Waals surface area contributed by atoms with Gasteiger partial charge in [0.05, 0.1) is 28.8 Å². The van der Waals surface area contributed by atoms with E-state index in [1.54, 1.807) is 27.7 Å². The summed E-state index contributed by atoms with van der Waals surface area (Å²) in [6.07, 6.45) is -0.567. The predicted molar refractivity (Wildman–Crippen MR) is 93.0 cm³/mol. The second-order valence-corrected chi connectivity index (χ2v) is 10.5. The fourth-order valence-corrected chi connectivity index (χ4v) is 7.60. The molecule has 148 valence electrons. The number of hydrogen-bond donors (Lipinski definition) is 5. The Morgan fingerprint density at radius 3 is 2.19 bits per heavy atom. The fraction of sp³-hybridized carbons (Fsp3) is 0.950. The summed E-state index contributed by atoms with van der Waals surface area (Å²) in [7, 11) is 0. The van der Waals surface area contributed by atoms with E-state index in [9.17, 15) is 30.3 Å². The monoisotopic (exact) mass is 368 g/mol. The van der Waals surface area contributed by atoms with Crippen LogP contribution in [0.3, 0.4) is 0 Å². The molecule has 26 heavy (non-hydrogen) atoms. The van der Waals surface area contributed by atoms with Crippen molar-refractivity contribution in [3.8, 4) is 0 Å². The lowest BCUT2D eigenvalue weighted by Crippen LogP contribution is -2.60. The highest BCUT2D eigenvalue weighted by Crippen LogP contribution is 2.69. The number of carbonyl (C=O) groups excluding carboxylic acids is 1. The average molecular weight is 368 g/mol. The van der Waals surface area contributed by atoms with Gasteiger partial charge in [-0.15, -0.1) is 0 Å². The van der Waals surface area contributed by atoms with Crippen LogP contribution in [0.5, 0.6) is 0 Å². The van der Waals surface area contributed by atoms with E-state index in [1.807, 2.05) is 0 Å². The van der Waals surface area contributed by atoms with Crippen molar-refractivity contribution in [1.29, 1.82) is 0 Å². The van der Waals surface area contributed by atoms with E-state index >= 15 is 0 Å². The highest BCUT2D eigenvalue weighted by molar-refractivity contribution is 5.89. The zero-order valence-electron chi connectivity index (χ0n) is 16.1. The molecule has 0 amide bonds. The molecule has 0 aromatic heterocycles. The first-order chi connectivity index (χ1) is 11.7. The van der Waals surface area contributed by atoms with Gasteiger partial charge in [-0.1, -0.05) is 13.8 Å². The lowest BCUT2D eigenvalue weighted by atomic mass is 9.57. The molecule has 0 saturated heterocycles. The van der Waals surface area contributed by atoms with Gasteiger partial charge in [-0.25, -0.2) is 0 Å². The van der Waals surface area contributed by atoms with Crippen LogP contribution in [-0.2, 0) is 4.79 Å². The molecule has 2 unspecified atom stereocenters. The van der Waals surface area contributed by atoms with Gasteiger partial charge >= 0.3 is 0 Å². The van der Waals surface area contributed by atoms with E-state index in [1.165, 1.54) is 0 Å². The number of carbonyl (C=O) groups is 1. The Kier molecular flexibility index (Phi) is 3.54. The van der Waals surface area contributed by atoms with E-state index in [-0.39, 0.29) is 31.0 Å². The van der Waals surface area contributed by atoms with Crippen molar-refractivity contribution in [2.75, 3.05) is 0 Å². The molecule has 5 N–H and O–H groups in total. The maximum absolute atomic E-state index is 12.6. The summed E-state index contributed by atoms with van der Waals surface area (Å²) in [6, 6.07) is 0. The Labute approximate surface area is 154 Å². The number of aliphatic hydroxyl groups excluding tert-OH is 2. The van der Waals surface area contributed by atoms with Gasteiger partial charge in [0.15, 0.2) is 0 Å². The summed E-state index contributed by atoms with van der Waals surface area (Å²) in [4.78, 5) is 12.6. The Balaban J connectivity index is 1.91. The van der Waals surface area contributed by atoms with Crippen LogP contribution < -0.4 is 0 Å². The molecule has 9 atom stereocenters. The smallest absolute Gasteiger partial charge is 0.141 e. The van der Waals surface area contributed by atoms with Crippen molar-refractivity contribution in [2.24, 2.45) is 28.6 Å². The van der Waals surface area contributed by atoms with Crippen molar-refractivity contribution >= 4 is 5.78 Å². The minimum Gasteiger partial charge on any atom is -0.392 e. The molecule has 6 heteroatoms. The van der Waals surface area contributed by atoms with Crippen LogP contribution in [0.25, 0.3) is 0 Å². The maximum atomic E-state index is 12.6. The maximum Gasteiger partial charge on any atom is 0.141 e. The van der Waals surface area contributed by atoms with Crippen LogP contribution >= 0.6 is 0 Å². The number of fused-ring (bicyclic) bond motifs is 2. The van der Waals surface area contributed by atoms with Crippen LogP contribution in [-0.4, -0.2) is 60.3 Å². The van der Waals surface area contributed by atoms with Crippen LogP contribution in [0.15, 0.2) is 0 Å². The second-order valence-electron chi connectivity index (χ2n) is 10.5. The molecule has 0 aromatic rings. The lowest BCUT2D eigenvalue weighted by Gasteiger charge is -2.51. The van der Waals surface area contributed by atoms with Crippen molar-refractivity contribution in [3.63, 3.8) is 0 Å². The molecule has 1 spiro atoms. The number of rotatable bonds is 0. The summed E-state index contributed by atoms with van der Waals surface area (Å²) >= 11 is 0. The summed E-state index contributed by atoms with van der Waals surface area (Å²) in [5, 5.41) is 56.4. The first kappa shape index (κ1) is 18.8. The normalized spacial score (nSPS) is 61.1. The molecular formula is C20H32O6. The highest BCUT2D eigenvalue weighted by atomic mass is 16.4. The van der Waals surface area contributed by atoms with Crippen molar-refractivity contribution in [3.05, 3.63) is 0 Å². The van der Waals surface area contributed by atoms with Crippen LogP contribution in [0.2, 0.25) is 0 Å². The minimum atomic E-state index is -1.76. The first-order valence-corrected chi connectivity index (χ1v) is 9.79. The second kappa shape index (κ2) is 4.90. The van der Waals surface area contributed by atoms with E-state index in [0.717, 1.165) is 0 Å². The molecule has 0 heterocycles. The number of Topliss-reactive ketones (excluding diaryl/α,β-unsaturated/α-hetero) is 1. The molecule has 4 rings (SSSR count).